The topological polar surface area (TPSA) is 66.5 Å². The van der Waals surface area contributed by atoms with Crippen LogP contribution < -0.4 is 5.32 Å². The standard InChI is InChI=1S/C18H28N2O3S/c1-24(22,23)14-11-18(21)19-15-17(16-9-5-4-6-10-16)20-12-7-2-3-8-13-20/h4-6,9-10,17H,2-3,7-8,11-15H2,1H3,(H,19,21). The van der Waals surface area contributed by atoms with Gasteiger partial charge in [0.05, 0.1) is 11.8 Å². The Morgan fingerprint density at radius 1 is 1.12 bits per heavy atom. The SMILES string of the molecule is CS(=O)(=O)CCC(=O)NCC(c1ccccc1)N1CCCCCC1. The van der Waals surface area contributed by atoms with Crippen LogP contribution >= 0.6 is 0 Å². The number of sulfone groups is 1. The van der Waals surface area contributed by atoms with Crippen molar-refractivity contribution in [3.05, 3.63) is 35.9 Å². The van der Waals surface area contributed by atoms with E-state index in [4.69, 9.17) is 0 Å². The Kier molecular flexibility index (Phi) is 7.24. The summed E-state index contributed by atoms with van der Waals surface area (Å²) in [7, 11) is -3.11. The van der Waals surface area contributed by atoms with E-state index in [2.05, 4.69) is 22.3 Å². The summed E-state index contributed by atoms with van der Waals surface area (Å²) in [6.07, 6.45) is 6.08. The zero-order valence-corrected chi connectivity index (χ0v) is 15.2. The van der Waals surface area contributed by atoms with Crippen molar-refractivity contribution in [1.29, 1.82) is 0 Å². The smallest absolute Gasteiger partial charge is 0.221 e. The lowest BCUT2D eigenvalue weighted by molar-refractivity contribution is -0.121. The molecule has 1 unspecified atom stereocenters. The minimum Gasteiger partial charge on any atom is -0.354 e. The highest BCUT2D eigenvalue weighted by atomic mass is 32.2. The minimum atomic E-state index is -3.11. The molecule has 5 nitrogen and oxygen atoms in total. The van der Waals surface area contributed by atoms with Crippen LogP contribution in [0, 0.1) is 0 Å². The fourth-order valence-electron chi connectivity index (χ4n) is 3.12. The normalized spacial score (nSPS) is 17.9. The monoisotopic (exact) mass is 352 g/mol. The molecule has 1 aliphatic heterocycles. The van der Waals surface area contributed by atoms with Crippen molar-refractivity contribution in [3.8, 4) is 0 Å². The third-order valence-corrected chi connectivity index (χ3v) is 5.40. The van der Waals surface area contributed by atoms with E-state index in [0.29, 0.717) is 6.54 Å². The van der Waals surface area contributed by atoms with Gasteiger partial charge < -0.3 is 5.32 Å². The Labute approximate surface area is 145 Å². The summed E-state index contributed by atoms with van der Waals surface area (Å²) >= 11 is 0. The molecule has 0 spiro atoms. The van der Waals surface area contributed by atoms with Gasteiger partial charge in [0.1, 0.15) is 9.84 Å². The molecule has 1 aromatic rings. The first-order valence-electron chi connectivity index (χ1n) is 8.69. The van der Waals surface area contributed by atoms with Crippen molar-refractivity contribution >= 4 is 15.7 Å². The predicted molar refractivity (Wildman–Crippen MR) is 96.6 cm³/mol. The first-order chi connectivity index (χ1) is 11.5. The van der Waals surface area contributed by atoms with E-state index in [0.717, 1.165) is 19.3 Å². The molecule has 134 valence electrons. The van der Waals surface area contributed by atoms with Gasteiger partial charge in [-0.1, -0.05) is 43.2 Å². The number of hydrogen-bond acceptors (Lipinski definition) is 4. The summed E-state index contributed by atoms with van der Waals surface area (Å²) in [6, 6.07) is 10.4. The molecule has 0 radical (unpaired) electrons. The minimum absolute atomic E-state index is 0.0281. The van der Waals surface area contributed by atoms with Crippen molar-refractivity contribution in [2.45, 2.75) is 38.1 Å². The van der Waals surface area contributed by atoms with Crippen molar-refractivity contribution < 1.29 is 13.2 Å². The number of benzene rings is 1. The molecule has 0 aliphatic carbocycles. The third kappa shape index (κ3) is 6.61. The maximum absolute atomic E-state index is 12.0. The van der Waals surface area contributed by atoms with Crippen molar-refractivity contribution in [1.82, 2.24) is 10.2 Å². The van der Waals surface area contributed by atoms with Gasteiger partial charge in [-0.05, 0) is 31.5 Å². The average molecular weight is 353 g/mol. The fourth-order valence-corrected chi connectivity index (χ4v) is 3.67. The van der Waals surface area contributed by atoms with Gasteiger partial charge in [0.2, 0.25) is 5.91 Å². The van der Waals surface area contributed by atoms with Crippen LogP contribution in [-0.2, 0) is 14.6 Å². The van der Waals surface area contributed by atoms with Gasteiger partial charge in [0, 0.05) is 19.2 Å². The van der Waals surface area contributed by atoms with Crippen LogP contribution in [0.25, 0.3) is 0 Å². The Balaban J connectivity index is 1.99. The summed E-state index contributed by atoms with van der Waals surface area (Å²) in [5, 5.41) is 2.93. The molecule has 1 N–H and O–H groups in total. The highest BCUT2D eigenvalue weighted by Crippen LogP contribution is 2.23. The number of nitrogens with zero attached hydrogens (tertiary/aromatic N) is 1. The molecule has 0 saturated carbocycles. The average Bonchev–Trinajstić information content (AvgIpc) is 2.83. The number of likely N-dealkylation sites (tertiary alicyclic amines) is 1. The summed E-state index contributed by atoms with van der Waals surface area (Å²) in [5.41, 5.74) is 1.20. The van der Waals surface area contributed by atoms with Crippen molar-refractivity contribution in [3.63, 3.8) is 0 Å². The van der Waals surface area contributed by atoms with E-state index in [1.165, 1.54) is 31.2 Å². The van der Waals surface area contributed by atoms with E-state index < -0.39 is 9.84 Å². The van der Waals surface area contributed by atoms with E-state index in [9.17, 15) is 13.2 Å². The summed E-state index contributed by atoms with van der Waals surface area (Å²) in [5.74, 6) is -0.297. The molecule has 1 atom stereocenters. The summed E-state index contributed by atoms with van der Waals surface area (Å²) < 4.78 is 22.4. The molecule has 1 saturated heterocycles. The largest absolute Gasteiger partial charge is 0.354 e. The van der Waals surface area contributed by atoms with Crippen LogP contribution in [0.1, 0.15) is 43.7 Å². The Hall–Kier alpha value is -1.40. The highest BCUT2D eigenvalue weighted by molar-refractivity contribution is 7.90. The fraction of sp³-hybridized carbons (Fsp3) is 0.611. The molecule has 1 heterocycles. The number of amides is 1. The molecular weight excluding hydrogens is 324 g/mol. The maximum atomic E-state index is 12.0. The quantitative estimate of drug-likeness (QED) is 0.817. The van der Waals surface area contributed by atoms with Gasteiger partial charge in [-0.2, -0.15) is 0 Å². The lowest BCUT2D eigenvalue weighted by Gasteiger charge is -2.31. The van der Waals surface area contributed by atoms with Crippen LogP contribution in [0.2, 0.25) is 0 Å². The number of nitrogens with one attached hydrogen (secondary N) is 1. The molecule has 0 aromatic heterocycles. The van der Waals surface area contributed by atoms with Crippen LogP contribution in [0.15, 0.2) is 30.3 Å². The first kappa shape index (κ1) is 18.9. The van der Waals surface area contributed by atoms with E-state index in [-0.39, 0.29) is 24.1 Å². The summed E-state index contributed by atoms with van der Waals surface area (Å²) in [4.78, 5) is 14.4. The van der Waals surface area contributed by atoms with Gasteiger partial charge in [0.15, 0.2) is 0 Å². The lowest BCUT2D eigenvalue weighted by Crippen LogP contribution is -2.39. The maximum Gasteiger partial charge on any atom is 0.221 e. The van der Waals surface area contributed by atoms with Crippen LogP contribution in [0.3, 0.4) is 0 Å². The lowest BCUT2D eigenvalue weighted by atomic mass is 10.0. The number of hydrogen-bond donors (Lipinski definition) is 1. The molecule has 1 aliphatic rings. The second kappa shape index (κ2) is 9.18. The van der Waals surface area contributed by atoms with E-state index in [1.807, 2.05) is 18.2 Å². The first-order valence-corrected chi connectivity index (χ1v) is 10.8. The molecule has 2 rings (SSSR count). The second-order valence-electron chi connectivity index (χ2n) is 6.56. The van der Waals surface area contributed by atoms with Gasteiger partial charge in [-0.3, -0.25) is 9.69 Å². The van der Waals surface area contributed by atoms with Crippen molar-refractivity contribution in [2.75, 3.05) is 31.6 Å². The molecule has 0 bridgehead atoms. The van der Waals surface area contributed by atoms with Crippen LogP contribution in [-0.4, -0.2) is 50.9 Å². The van der Waals surface area contributed by atoms with E-state index in [1.54, 1.807) is 0 Å². The highest BCUT2D eigenvalue weighted by Gasteiger charge is 2.22. The second-order valence-corrected chi connectivity index (χ2v) is 8.82. The van der Waals surface area contributed by atoms with Crippen molar-refractivity contribution in [2.24, 2.45) is 0 Å². The molecule has 1 fully saturated rings. The zero-order valence-electron chi connectivity index (χ0n) is 14.4. The Morgan fingerprint density at radius 3 is 2.33 bits per heavy atom. The molecular formula is C18H28N2O3S. The van der Waals surface area contributed by atoms with Crippen LogP contribution in [0.4, 0.5) is 0 Å². The molecule has 24 heavy (non-hydrogen) atoms. The third-order valence-electron chi connectivity index (χ3n) is 4.46. The zero-order chi connectivity index (χ0) is 17.4. The molecule has 6 heteroatoms. The molecule has 1 aromatic carbocycles. The van der Waals surface area contributed by atoms with Gasteiger partial charge in [-0.15, -0.1) is 0 Å². The predicted octanol–water partition coefficient (Wildman–Crippen LogP) is 2.15. The summed E-state index contributed by atoms with van der Waals surface area (Å²) in [6.45, 7) is 2.60. The Bertz CT molecular complexity index is 608. The van der Waals surface area contributed by atoms with Crippen LogP contribution in [0.5, 0.6) is 0 Å². The molecule has 1 amide bonds. The van der Waals surface area contributed by atoms with Gasteiger partial charge >= 0.3 is 0 Å². The number of carbonyl (C=O) groups excluding carboxylic acids is 1. The number of carbonyl (C=O) groups is 1. The van der Waals surface area contributed by atoms with Gasteiger partial charge in [-0.25, -0.2) is 8.42 Å². The number of rotatable bonds is 7. The van der Waals surface area contributed by atoms with E-state index >= 15 is 0 Å². The Morgan fingerprint density at radius 2 is 1.75 bits per heavy atom. The van der Waals surface area contributed by atoms with Gasteiger partial charge in [0.25, 0.3) is 0 Å².